The van der Waals surface area contributed by atoms with E-state index in [0.29, 0.717) is 19.3 Å². The molecular formula is C40H54F4O3. The number of benzene rings is 1. The number of hydrogen-bond donors (Lipinski definition) is 0. The third-order valence-corrected chi connectivity index (χ3v) is 15.2. The van der Waals surface area contributed by atoms with Crippen LogP contribution in [0.3, 0.4) is 0 Å². The molecule has 5 aliphatic carbocycles. The molecule has 5 aliphatic rings. The summed E-state index contributed by atoms with van der Waals surface area (Å²) < 4.78 is 73.8. The molecule has 47 heavy (non-hydrogen) atoms. The summed E-state index contributed by atoms with van der Waals surface area (Å²) in [7, 11) is 0.918. The molecule has 6 rings (SSSR count). The second-order valence-corrected chi connectivity index (χ2v) is 17.6. The number of fused-ring (bicyclic) bond motifs is 7. The van der Waals surface area contributed by atoms with Crippen molar-refractivity contribution in [1.82, 2.24) is 0 Å². The van der Waals surface area contributed by atoms with Crippen molar-refractivity contribution in [2.24, 2.45) is 44.8 Å². The standard InChI is InChI=1S/C40H54F4O3/c1-9-26-24-33(2,3)25-31-34(26,4)22-23-37(7)36(6)20-17-28-29(16-13-19-35(28,5)30(36)18-21-38(31,37)41)47-32(45)39(46-8,40(42,43)44)27-14-11-10-12-15-27/h10-12,14-15,28-31H,1,13,16-25H2,2-8H3/t28-,29-,30+,31-,34-,35-,36+,37-,38-,39+/m0/s1. The maximum atomic E-state index is 18.4. The van der Waals surface area contributed by atoms with Crippen molar-refractivity contribution in [2.45, 2.75) is 136 Å². The normalized spacial score (nSPS) is 44.0. The zero-order valence-electron chi connectivity index (χ0n) is 29.4. The fourth-order valence-electron chi connectivity index (χ4n) is 12.5. The van der Waals surface area contributed by atoms with Gasteiger partial charge in [0.2, 0.25) is 0 Å². The molecule has 5 saturated carbocycles. The Morgan fingerprint density at radius 1 is 0.915 bits per heavy atom. The molecule has 10 atom stereocenters. The highest BCUT2D eigenvalue weighted by Crippen LogP contribution is 2.78. The van der Waals surface area contributed by atoms with Crippen LogP contribution in [0.15, 0.2) is 48.2 Å². The zero-order chi connectivity index (χ0) is 34.5. The van der Waals surface area contributed by atoms with Crippen LogP contribution in [0.25, 0.3) is 0 Å². The number of carbonyl (C=O) groups is 1. The van der Waals surface area contributed by atoms with Crippen molar-refractivity contribution in [3.05, 3.63) is 53.8 Å². The van der Waals surface area contributed by atoms with E-state index in [1.165, 1.54) is 29.8 Å². The summed E-state index contributed by atoms with van der Waals surface area (Å²) in [4.78, 5) is 13.8. The highest BCUT2D eigenvalue weighted by molar-refractivity contribution is 5.83. The summed E-state index contributed by atoms with van der Waals surface area (Å²) >= 11 is 0. The number of rotatable bonds is 4. The number of alkyl halides is 4. The monoisotopic (exact) mass is 658 g/mol. The summed E-state index contributed by atoms with van der Waals surface area (Å²) in [6.45, 7) is 17.6. The number of halogens is 4. The molecule has 0 aliphatic heterocycles. The minimum atomic E-state index is -5.02. The van der Waals surface area contributed by atoms with E-state index in [-0.39, 0.29) is 45.0 Å². The van der Waals surface area contributed by atoms with Crippen molar-refractivity contribution in [2.75, 3.05) is 7.11 Å². The molecule has 0 bridgehead atoms. The lowest BCUT2D eigenvalue weighted by atomic mass is 9.31. The van der Waals surface area contributed by atoms with Gasteiger partial charge in [0.15, 0.2) is 0 Å². The molecule has 1 aromatic carbocycles. The van der Waals surface area contributed by atoms with E-state index in [0.717, 1.165) is 58.5 Å². The molecule has 0 unspecified atom stereocenters. The van der Waals surface area contributed by atoms with Gasteiger partial charge in [-0.1, -0.05) is 78.5 Å². The fourth-order valence-corrected chi connectivity index (χ4v) is 12.5. The molecule has 260 valence electrons. The van der Waals surface area contributed by atoms with Gasteiger partial charge in [0, 0.05) is 35.3 Å². The Bertz CT molecular complexity index is 1450. The molecule has 3 nitrogen and oxygen atoms in total. The van der Waals surface area contributed by atoms with Gasteiger partial charge in [0.05, 0.1) is 0 Å². The number of methoxy groups -OCH3 is 1. The minimum Gasteiger partial charge on any atom is -0.459 e. The van der Waals surface area contributed by atoms with Gasteiger partial charge in [-0.2, -0.15) is 13.2 Å². The van der Waals surface area contributed by atoms with Crippen molar-refractivity contribution in [3.8, 4) is 0 Å². The molecule has 0 aromatic heterocycles. The topological polar surface area (TPSA) is 35.5 Å². The lowest BCUT2D eigenvalue weighted by molar-refractivity contribution is -0.289. The number of esters is 1. The maximum Gasteiger partial charge on any atom is 0.432 e. The van der Waals surface area contributed by atoms with Gasteiger partial charge < -0.3 is 9.47 Å². The van der Waals surface area contributed by atoms with Crippen LogP contribution in [0.2, 0.25) is 0 Å². The van der Waals surface area contributed by atoms with E-state index in [2.05, 4.69) is 53.9 Å². The zero-order valence-corrected chi connectivity index (χ0v) is 29.4. The van der Waals surface area contributed by atoms with Crippen LogP contribution < -0.4 is 0 Å². The molecule has 0 N–H and O–H groups in total. The quantitative estimate of drug-likeness (QED) is 0.183. The van der Waals surface area contributed by atoms with Gasteiger partial charge >= 0.3 is 12.1 Å². The molecule has 0 amide bonds. The van der Waals surface area contributed by atoms with Gasteiger partial charge in [-0.25, -0.2) is 9.18 Å². The Hall–Kier alpha value is -2.11. The summed E-state index contributed by atoms with van der Waals surface area (Å²) in [5.74, 6) is -1.46. The maximum absolute atomic E-state index is 18.4. The van der Waals surface area contributed by atoms with E-state index >= 15 is 4.39 Å². The smallest absolute Gasteiger partial charge is 0.432 e. The summed E-state index contributed by atoms with van der Waals surface area (Å²) in [6.07, 6.45) is 2.56. The molecule has 0 heterocycles. The summed E-state index contributed by atoms with van der Waals surface area (Å²) in [5, 5.41) is 0. The Morgan fingerprint density at radius 3 is 2.21 bits per heavy atom. The highest BCUT2D eigenvalue weighted by atomic mass is 19.4. The average molecular weight is 659 g/mol. The van der Waals surface area contributed by atoms with Crippen molar-refractivity contribution < 1.29 is 31.8 Å². The molecule has 0 spiro atoms. The molecule has 0 radical (unpaired) electrons. The van der Waals surface area contributed by atoms with Gasteiger partial charge in [-0.3, -0.25) is 0 Å². The first-order valence-corrected chi connectivity index (χ1v) is 17.8. The number of ether oxygens (including phenoxy) is 2. The molecular weight excluding hydrogens is 604 g/mol. The van der Waals surface area contributed by atoms with E-state index in [1.54, 1.807) is 6.07 Å². The SMILES string of the molecule is C=C=C1CC(C)(C)C[C@H]2[C@@]1(C)CC[C@@]1(C)[C@]3(C)CC[C@H]4[C@@H](OC(=O)[C@](OC)(c5ccccc5)C(F)(F)F)CCC[C@]4(C)[C@H]3CC[C@]21F. The number of allylic oxidation sites excluding steroid dienone is 1. The van der Waals surface area contributed by atoms with Crippen LogP contribution in [0.1, 0.15) is 118 Å². The lowest BCUT2D eigenvalue weighted by Crippen LogP contribution is -2.72. The van der Waals surface area contributed by atoms with Gasteiger partial charge in [-0.05, 0) is 98.4 Å². The van der Waals surface area contributed by atoms with E-state index in [4.69, 9.17) is 9.47 Å². The van der Waals surface area contributed by atoms with Gasteiger partial charge in [0.1, 0.15) is 11.8 Å². The molecule has 7 heteroatoms. The summed E-state index contributed by atoms with van der Waals surface area (Å²) in [5.41, 5.74) is -1.85. The van der Waals surface area contributed by atoms with Crippen LogP contribution in [-0.4, -0.2) is 31.0 Å². The molecule has 0 saturated heterocycles. The predicted octanol–water partition coefficient (Wildman–Crippen LogP) is 10.7. The third kappa shape index (κ3) is 4.56. The van der Waals surface area contributed by atoms with Crippen molar-refractivity contribution in [1.29, 1.82) is 0 Å². The number of carbonyl (C=O) groups excluding carboxylic acids is 1. The Labute approximate surface area is 278 Å². The van der Waals surface area contributed by atoms with Crippen molar-refractivity contribution in [3.63, 3.8) is 0 Å². The first-order chi connectivity index (χ1) is 21.8. The average Bonchev–Trinajstić information content (AvgIpc) is 2.99. The third-order valence-electron chi connectivity index (χ3n) is 15.2. The molecule has 1 aromatic rings. The summed E-state index contributed by atoms with van der Waals surface area (Å²) in [6, 6.07) is 7.06. The number of hydrogen-bond acceptors (Lipinski definition) is 3. The Morgan fingerprint density at radius 2 is 1.60 bits per heavy atom. The van der Waals surface area contributed by atoms with E-state index in [9.17, 15) is 18.0 Å². The second-order valence-electron chi connectivity index (χ2n) is 17.6. The largest absolute Gasteiger partial charge is 0.459 e. The van der Waals surface area contributed by atoms with Crippen molar-refractivity contribution >= 4 is 5.97 Å². The Balaban J connectivity index is 1.33. The van der Waals surface area contributed by atoms with E-state index in [1.807, 2.05) is 0 Å². The second kappa shape index (κ2) is 10.9. The minimum absolute atomic E-state index is 0.0308. The van der Waals surface area contributed by atoms with Crippen LogP contribution in [0.4, 0.5) is 17.6 Å². The van der Waals surface area contributed by atoms with Gasteiger partial charge in [-0.15, -0.1) is 5.73 Å². The van der Waals surface area contributed by atoms with Gasteiger partial charge in [0.25, 0.3) is 5.60 Å². The molecule has 5 fully saturated rings. The lowest BCUT2D eigenvalue weighted by Gasteiger charge is -2.74. The fraction of sp³-hybridized carbons (Fsp3) is 0.750. The van der Waals surface area contributed by atoms with Crippen LogP contribution in [0.5, 0.6) is 0 Å². The van der Waals surface area contributed by atoms with Crippen LogP contribution >= 0.6 is 0 Å². The van der Waals surface area contributed by atoms with Crippen LogP contribution in [-0.2, 0) is 19.9 Å². The first-order valence-electron chi connectivity index (χ1n) is 17.8. The van der Waals surface area contributed by atoms with E-state index < -0.39 is 34.9 Å². The van der Waals surface area contributed by atoms with Crippen LogP contribution in [0, 0.1) is 44.8 Å². The predicted molar refractivity (Wildman–Crippen MR) is 175 cm³/mol. The Kier molecular flexibility index (Phi) is 8.09. The first kappa shape index (κ1) is 34.7. The highest BCUT2D eigenvalue weighted by Gasteiger charge is 2.75.